The van der Waals surface area contributed by atoms with Crippen LogP contribution in [-0.2, 0) is 14.4 Å². The van der Waals surface area contributed by atoms with Crippen molar-refractivity contribution in [1.29, 1.82) is 0 Å². The van der Waals surface area contributed by atoms with Crippen molar-refractivity contribution in [3.05, 3.63) is 54.0 Å². The minimum Gasteiger partial charge on any atom is -0.374 e. The fourth-order valence-corrected chi connectivity index (χ4v) is 5.40. The number of piperazine rings is 1. The maximum absolute atomic E-state index is 15.0. The Hall–Kier alpha value is -3.53. The number of halogens is 1. The van der Waals surface area contributed by atoms with Crippen LogP contribution in [0.4, 0.5) is 15.9 Å². The van der Waals surface area contributed by atoms with Crippen LogP contribution in [0.2, 0.25) is 0 Å². The lowest BCUT2D eigenvalue weighted by molar-refractivity contribution is -0.134. The first-order valence-electron chi connectivity index (χ1n) is 13.0. The summed E-state index contributed by atoms with van der Waals surface area (Å²) in [5.74, 6) is 0.243. The van der Waals surface area contributed by atoms with E-state index in [0.717, 1.165) is 44.8 Å². The van der Waals surface area contributed by atoms with Crippen LogP contribution in [0.15, 0.2) is 42.6 Å². The van der Waals surface area contributed by atoms with Crippen LogP contribution in [-0.4, -0.2) is 84.4 Å². The van der Waals surface area contributed by atoms with Gasteiger partial charge in [-0.3, -0.25) is 24.6 Å². The molecule has 0 aliphatic carbocycles. The second kappa shape index (κ2) is 11.2. The summed E-state index contributed by atoms with van der Waals surface area (Å²) in [6.45, 7) is 4.83. The van der Waals surface area contributed by atoms with Gasteiger partial charge in [-0.2, -0.15) is 0 Å². The van der Waals surface area contributed by atoms with Crippen LogP contribution in [0.3, 0.4) is 0 Å². The number of hydrogen-bond acceptors (Lipinski definition) is 7. The highest BCUT2D eigenvalue weighted by molar-refractivity contribution is 6.01. The zero-order valence-corrected chi connectivity index (χ0v) is 20.9. The summed E-state index contributed by atoms with van der Waals surface area (Å²) >= 11 is 0. The molecular formula is C27H33FN6O3. The Morgan fingerprint density at radius 2 is 1.81 bits per heavy atom. The molecule has 4 heterocycles. The molecule has 196 valence electrons. The molecule has 3 aliphatic heterocycles. The first kappa shape index (κ1) is 25.1. The van der Waals surface area contributed by atoms with E-state index in [4.69, 9.17) is 0 Å². The highest BCUT2D eigenvalue weighted by Gasteiger charge is 2.29. The number of imide groups is 1. The molecule has 1 atom stereocenters. The smallest absolute Gasteiger partial charge is 0.249 e. The number of amides is 3. The third kappa shape index (κ3) is 6.07. The number of carbonyl (C=O) groups is 3. The fourth-order valence-electron chi connectivity index (χ4n) is 5.40. The molecule has 3 amide bonds. The number of aromatic nitrogens is 1. The molecule has 2 aromatic rings. The quantitative estimate of drug-likeness (QED) is 0.576. The molecular weight excluding hydrogens is 475 g/mol. The summed E-state index contributed by atoms with van der Waals surface area (Å²) in [4.78, 5) is 46.9. The third-order valence-corrected chi connectivity index (χ3v) is 7.57. The summed E-state index contributed by atoms with van der Waals surface area (Å²) in [6, 6.07) is 10.3. The number of anilines is 2. The molecule has 0 bridgehead atoms. The Morgan fingerprint density at radius 3 is 2.49 bits per heavy atom. The molecule has 3 saturated heterocycles. The predicted molar refractivity (Wildman–Crippen MR) is 138 cm³/mol. The van der Waals surface area contributed by atoms with E-state index < -0.39 is 6.04 Å². The minimum atomic E-state index is -0.540. The van der Waals surface area contributed by atoms with Crippen LogP contribution in [0.1, 0.15) is 37.2 Å². The van der Waals surface area contributed by atoms with E-state index in [9.17, 15) is 18.8 Å². The molecule has 1 aromatic carbocycles. The number of carbonyl (C=O) groups excluding carboxylic acids is 3. The number of pyridine rings is 1. The number of rotatable bonds is 6. The van der Waals surface area contributed by atoms with Gasteiger partial charge in [-0.05, 0) is 68.1 Å². The molecule has 5 rings (SSSR count). The largest absolute Gasteiger partial charge is 0.374 e. The van der Waals surface area contributed by atoms with Gasteiger partial charge >= 0.3 is 0 Å². The van der Waals surface area contributed by atoms with E-state index in [2.05, 4.69) is 25.4 Å². The summed E-state index contributed by atoms with van der Waals surface area (Å²) in [5.41, 5.74) is 1.20. The van der Waals surface area contributed by atoms with Crippen molar-refractivity contribution >= 4 is 29.2 Å². The SMILES string of the molecule is O=C1CCC(Nc2ccc(C3CCN(CC(=O)N4CCN(c5ccccn5)CC4)CC3)c(F)c2)C(=O)N1. The topological polar surface area (TPSA) is 97.9 Å². The van der Waals surface area contributed by atoms with Gasteiger partial charge in [0.1, 0.15) is 17.7 Å². The normalized spacial score (nSPS) is 21.6. The van der Waals surface area contributed by atoms with Crippen molar-refractivity contribution in [2.45, 2.75) is 37.6 Å². The maximum atomic E-state index is 15.0. The molecule has 0 radical (unpaired) electrons. The fraction of sp³-hybridized carbons (Fsp3) is 0.481. The average Bonchev–Trinajstić information content (AvgIpc) is 2.91. The van der Waals surface area contributed by atoms with Crippen molar-refractivity contribution in [2.24, 2.45) is 0 Å². The Kier molecular flexibility index (Phi) is 7.64. The molecule has 2 N–H and O–H groups in total. The summed E-state index contributed by atoms with van der Waals surface area (Å²) in [6.07, 6.45) is 4.03. The van der Waals surface area contributed by atoms with Crippen LogP contribution in [0.5, 0.6) is 0 Å². The summed E-state index contributed by atoms with van der Waals surface area (Å²) in [7, 11) is 0. The lowest BCUT2D eigenvalue weighted by Gasteiger charge is -2.37. The Morgan fingerprint density at radius 1 is 1.03 bits per heavy atom. The third-order valence-electron chi connectivity index (χ3n) is 7.57. The molecule has 0 saturated carbocycles. The number of likely N-dealkylation sites (tertiary alicyclic amines) is 1. The zero-order valence-electron chi connectivity index (χ0n) is 20.9. The first-order valence-corrected chi connectivity index (χ1v) is 13.0. The monoisotopic (exact) mass is 508 g/mol. The average molecular weight is 509 g/mol. The number of hydrogen-bond donors (Lipinski definition) is 2. The van der Waals surface area contributed by atoms with Crippen molar-refractivity contribution in [1.82, 2.24) is 20.1 Å². The van der Waals surface area contributed by atoms with Gasteiger partial charge in [0.15, 0.2) is 0 Å². The molecule has 3 fully saturated rings. The van der Waals surface area contributed by atoms with Crippen molar-refractivity contribution < 1.29 is 18.8 Å². The first-order chi connectivity index (χ1) is 18.0. The lowest BCUT2D eigenvalue weighted by atomic mass is 9.89. The highest BCUT2D eigenvalue weighted by atomic mass is 19.1. The number of piperidine rings is 2. The van der Waals surface area contributed by atoms with Gasteiger partial charge < -0.3 is 15.1 Å². The van der Waals surface area contributed by atoms with Crippen LogP contribution in [0, 0.1) is 5.82 Å². The molecule has 10 heteroatoms. The second-order valence-corrected chi connectivity index (χ2v) is 9.99. The molecule has 1 unspecified atom stereocenters. The van der Waals surface area contributed by atoms with Crippen LogP contribution < -0.4 is 15.5 Å². The van der Waals surface area contributed by atoms with Gasteiger partial charge in [-0.1, -0.05) is 12.1 Å². The standard InChI is InChI=1S/C27H33FN6O3/c28-22-17-20(30-23-6-7-25(35)31-27(23)37)4-5-21(22)19-8-11-32(12-9-19)18-26(36)34-15-13-33(14-16-34)24-3-1-2-10-29-24/h1-5,10,17,19,23,30H,6-9,11-16,18H2,(H,31,35,37). The second-order valence-electron chi connectivity index (χ2n) is 9.99. The minimum absolute atomic E-state index is 0.0953. The predicted octanol–water partition coefficient (Wildman–Crippen LogP) is 1.97. The summed E-state index contributed by atoms with van der Waals surface area (Å²) < 4.78 is 15.0. The van der Waals surface area contributed by atoms with Gasteiger partial charge in [0.2, 0.25) is 17.7 Å². The van der Waals surface area contributed by atoms with Crippen LogP contribution in [0.25, 0.3) is 0 Å². The Bertz CT molecular complexity index is 1130. The zero-order chi connectivity index (χ0) is 25.8. The molecule has 9 nitrogen and oxygen atoms in total. The number of nitrogens with one attached hydrogen (secondary N) is 2. The van der Waals surface area contributed by atoms with E-state index in [1.165, 1.54) is 6.07 Å². The van der Waals surface area contributed by atoms with Gasteiger partial charge in [-0.15, -0.1) is 0 Å². The number of nitrogens with zero attached hydrogens (tertiary/aromatic N) is 4. The van der Waals surface area contributed by atoms with Gasteiger partial charge in [0.25, 0.3) is 0 Å². The summed E-state index contributed by atoms with van der Waals surface area (Å²) in [5, 5.41) is 5.34. The van der Waals surface area contributed by atoms with E-state index >= 15 is 0 Å². The lowest BCUT2D eigenvalue weighted by Crippen LogP contribution is -2.52. The molecule has 1 aromatic heterocycles. The molecule has 0 spiro atoms. The van der Waals surface area contributed by atoms with Gasteiger partial charge in [0.05, 0.1) is 6.54 Å². The van der Waals surface area contributed by atoms with Crippen LogP contribution >= 0.6 is 0 Å². The Balaban J connectivity index is 1.08. The van der Waals surface area contributed by atoms with Gasteiger partial charge in [-0.25, -0.2) is 9.37 Å². The highest BCUT2D eigenvalue weighted by Crippen LogP contribution is 2.31. The molecule has 3 aliphatic rings. The molecule has 37 heavy (non-hydrogen) atoms. The van der Waals surface area contributed by atoms with Crippen molar-refractivity contribution in [3.8, 4) is 0 Å². The van der Waals surface area contributed by atoms with Gasteiger partial charge in [0, 0.05) is 44.5 Å². The van der Waals surface area contributed by atoms with E-state index in [-0.39, 0.29) is 35.9 Å². The van der Waals surface area contributed by atoms with E-state index in [1.807, 2.05) is 23.1 Å². The van der Waals surface area contributed by atoms with Crippen molar-refractivity contribution in [2.75, 3.05) is 56.0 Å². The number of benzene rings is 1. The van der Waals surface area contributed by atoms with E-state index in [1.54, 1.807) is 18.3 Å². The maximum Gasteiger partial charge on any atom is 0.249 e. The van der Waals surface area contributed by atoms with Crippen molar-refractivity contribution in [3.63, 3.8) is 0 Å². The van der Waals surface area contributed by atoms with E-state index in [0.29, 0.717) is 37.3 Å². The Labute approximate surface area is 216 Å².